The summed E-state index contributed by atoms with van der Waals surface area (Å²) in [6, 6.07) is 0. The van der Waals surface area contributed by atoms with Crippen molar-refractivity contribution in [2.75, 3.05) is 0 Å². The van der Waals surface area contributed by atoms with Gasteiger partial charge in [0.15, 0.2) is 0 Å². The van der Waals surface area contributed by atoms with E-state index in [0.717, 1.165) is 11.8 Å². The molecule has 0 unspecified atom stereocenters. The molecule has 0 radical (unpaired) electrons. The Morgan fingerprint density at radius 3 is 1.67 bits per heavy atom. The molecule has 74 valence electrons. The molecule has 0 saturated heterocycles. The molecule has 0 heteroatoms. The highest BCUT2D eigenvalue weighted by Gasteiger charge is 2.09. The standard InChI is InChI=1S/C8H16.C4H10/c1-2-8-6-4-3-5-7-8;1-4(2)3/h8H,2-7H2,1H3;4H,1-3H3. The van der Waals surface area contributed by atoms with E-state index in [4.69, 9.17) is 0 Å². The zero-order chi connectivity index (χ0) is 9.40. The molecule has 0 bridgehead atoms. The molecule has 1 rings (SSSR count). The summed E-state index contributed by atoms with van der Waals surface area (Å²) in [5.74, 6) is 1.92. The summed E-state index contributed by atoms with van der Waals surface area (Å²) < 4.78 is 0. The van der Waals surface area contributed by atoms with Gasteiger partial charge < -0.3 is 0 Å². The highest BCUT2D eigenvalue weighted by molar-refractivity contribution is 4.63. The van der Waals surface area contributed by atoms with Crippen LogP contribution in [0.15, 0.2) is 0 Å². The Bertz CT molecular complexity index is 75.3. The van der Waals surface area contributed by atoms with E-state index in [9.17, 15) is 0 Å². The minimum absolute atomic E-state index is 0.833. The van der Waals surface area contributed by atoms with Crippen LogP contribution in [-0.4, -0.2) is 0 Å². The first-order valence-electron chi connectivity index (χ1n) is 5.66. The fourth-order valence-corrected chi connectivity index (χ4v) is 1.60. The molecule has 1 aliphatic rings. The summed E-state index contributed by atoms with van der Waals surface area (Å²) in [6.07, 6.45) is 8.93. The third-order valence-electron chi connectivity index (χ3n) is 2.30. The van der Waals surface area contributed by atoms with Gasteiger partial charge in [0.1, 0.15) is 0 Å². The molecule has 0 aromatic heterocycles. The van der Waals surface area contributed by atoms with Gasteiger partial charge in [0, 0.05) is 0 Å². The molecule has 12 heavy (non-hydrogen) atoms. The molecule has 0 N–H and O–H groups in total. The SMILES string of the molecule is CC(C)C.CCC1CCCCC1. The Morgan fingerprint density at radius 1 is 1.00 bits per heavy atom. The molecule has 0 amide bonds. The second kappa shape index (κ2) is 7.64. The van der Waals surface area contributed by atoms with E-state index in [1.54, 1.807) is 0 Å². The van der Waals surface area contributed by atoms with Gasteiger partial charge in [-0.2, -0.15) is 0 Å². The molecule has 1 fully saturated rings. The molecule has 0 aromatic rings. The van der Waals surface area contributed by atoms with Gasteiger partial charge in [-0.05, 0) is 11.8 Å². The summed E-state index contributed by atoms with van der Waals surface area (Å²) in [5.41, 5.74) is 0. The average molecular weight is 170 g/mol. The van der Waals surface area contributed by atoms with E-state index >= 15 is 0 Å². The van der Waals surface area contributed by atoms with E-state index in [1.807, 2.05) is 0 Å². The van der Waals surface area contributed by atoms with Gasteiger partial charge in [0.2, 0.25) is 0 Å². The first-order chi connectivity index (χ1) is 5.66. The van der Waals surface area contributed by atoms with Crippen molar-refractivity contribution >= 4 is 0 Å². The first-order valence-corrected chi connectivity index (χ1v) is 5.66. The molecule has 0 spiro atoms. The van der Waals surface area contributed by atoms with Crippen molar-refractivity contribution in [1.82, 2.24) is 0 Å². The van der Waals surface area contributed by atoms with Crippen LogP contribution in [0.25, 0.3) is 0 Å². The van der Waals surface area contributed by atoms with Gasteiger partial charge in [0.25, 0.3) is 0 Å². The Hall–Kier alpha value is 0. The van der Waals surface area contributed by atoms with Gasteiger partial charge in [-0.25, -0.2) is 0 Å². The Morgan fingerprint density at radius 2 is 1.42 bits per heavy atom. The molecule has 0 heterocycles. The van der Waals surface area contributed by atoms with E-state index < -0.39 is 0 Å². The second-order valence-electron chi connectivity index (χ2n) is 4.64. The van der Waals surface area contributed by atoms with Crippen molar-refractivity contribution in [3.63, 3.8) is 0 Å². The summed E-state index contributed by atoms with van der Waals surface area (Å²) in [4.78, 5) is 0. The summed E-state index contributed by atoms with van der Waals surface area (Å²) in [7, 11) is 0. The maximum Gasteiger partial charge on any atom is -0.0417 e. The van der Waals surface area contributed by atoms with Gasteiger partial charge in [-0.1, -0.05) is 66.2 Å². The predicted octanol–water partition coefficient (Wildman–Crippen LogP) is 4.64. The van der Waals surface area contributed by atoms with Crippen molar-refractivity contribution in [3.05, 3.63) is 0 Å². The fourth-order valence-electron chi connectivity index (χ4n) is 1.60. The molecule has 0 aromatic carbocycles. The van der Waals surface area contributed by atoms with E-state index in [-0.39, 0.29) is 0 Å². The van der Waals surface area contributed by atoms with Gasteiger partial charge >= 0.3 is 0 Å². The van der Waals surface area contributed by atoms with E-state index in [1.165, 1.54) is 38.5 Å². The lowest BCUT2D eigenvalue weighted by molar-refractivity contribution is 0.349. The lowest BCUT2D eigenvalue weighted by Gasteiger charge is -2.18. The van der Waals surface area contributed by atoms with Crippen molar-refractivity contribution in [2.24, 2.45) is 11.8 Å². The van der Waals surface area contributed by atoms with Crippen molar-refractivity contribution < 1.29 is 0 Å². The summed E-state index contributed by atoms with van der Waals surface area (Å²) in [6.45, 7) is 8.82. The third kappa shape index (κ3) is 8.10. The van der Waals surface area contributed by atoms with Crippen molar-refractivity contribution in [3.8, 4) is 0 Å². The summed E-state index contributed by atoms with van der Waals surface area (Å²) >= 11 is 0. The molecule has 1 aliphatic carbocycles. The van der Waals surface area contributed by atoms with Crippen LogP contribution in [0.5, 0.6) is 0 Å². The zero-order valence-electron chi connectivity index (χ0n) is 9.40. The van der Waals surface area contributed by atoms with Crippen LogP contribution >= 0.6 is 0 Å². The van der Waals surface area contributed by atoms with Crippen LogP contribution in [-0.2, 0) is 0 Å². The first kappa shape index (κ1) is 12.0. The lowest BCUT2D eigenvalue weighted by atomic mass is 9.88. The highest BCUT2D eigenvalue weighted by atomic mass is 14.2. The third-order valence-corrected chi connectivity index (χ3v) is 2.30. The maximum absolute atomic E-state index is 2.32. The van der Waals surface area contributed by atoms with Crippen LogP contribution in [0.1, 0.15) is 66.2 Å². The number of hydrogen-bond acceptors (Lipinski definition) is 0. The van der Waals surface area contributed by atoms with Crippen LogP contribution in [0.2, 0.25) is 0 Å². The average Bonchev–Trinajstić information content (AvgIpc) is 2.05. The molecular formula is C12H26. The topological polar surface area (TPSA) is 0 Å². The Labute approximate surface area is 78.8 Å². The minimum Gasteiger partial charge on any atom is -0.0651 e. The van der Waals surface area contributed by atoms with E-state index in [0.29, 0.717) is 0 Å². The smallest absolute Gasteiger partial charge is 0.0417 e. The highest BCUT2D eigenvalue weighted by Crippen LogP contribution is 2.25. The van der Waals surface area contributed by atoms with Crippen LogP contribution < -0.4 is 0 Å². The van der Waals surface area contributed by atoms with Crippen LogP contribution in [0.3, 0.4) is 0 Å². The minimum atomic E-state index is 0.833. The lowest BCUT2D eigenvalue weighted by Crippen LogP contribution is -2.03. The normalized spacial score (nSPS) is 18.8. The zero-order valence-corrected chi connectivity index (χ0v) is 9.40. The second-order valence-corrected chi connectivity index (χ2v) is 4.64. The Balaban J connectivity index is 0.000000261. The largest absolute Gasteiger partial charge is 0.0651 e. The van der Waals surface area contributed by atoms with Crippen LogP contribution in [0, 0.1) is 11.8 Å². The molecule has 1 saturated carbocycles. The quantitative estimate of drug-likeness (QED) is 0.538. The van der Waals surface area contributed by atoms with Gasteiger partial charge in [-0.3, -0.25) is 0 Å². The molecule has 0 aliphatic heterocycles. The Kier molecular flexibility index (Phi) is 7.64. The van der Waals surface area contributed by atoms with Gasteiger partial charge in [-0.15, -0.1) is 0 Å². The van der Waals surface area contributed by atoms with Crippen LogP contribution in [0.4, 0.5) is 0 Å². The summed E-state index contributed by atoms with van der Waals surface area (Å²) in [5, 5.41) is 0. The number of hydrogen-bond donors (Lipinski definition) is 0. The van der Waals surface area contributed by atoms with Crippen molar-refractivity contribution in [2.45, 2.75) is 66.2 Å². The fraction of sp³-hybridized carbons (Fsp3) is 1.00. The molecule has 0 nitrogen and oxygen atoms in total. The number of rotatable bonds is 1. The van der Waals surface area contributed by atoms with E-state index in [2.05, 4.69) is 27.7 Å². The molecular weight excluding hydrogens is 144 g/mol. The van der Waals surface area contributed by atoms with Crippen molar-refractivity contribution in [1.29, 1.82) is 0 Å². The monoisotopic (exact) mass is 170 g/mol. The van der Waals surface area contributed by atoms with Gasteiger partial charge in [0.05, 0.1) is 0 Å². The predicted molar refractivity (Wildman–Crippen MR) is 57.4 cm³/mol. The maximum atomic E-state index is 2.32. The molecule has 0 atom stereocenters.